The highest BCUT2D eigenvalue weighted by Crippen LogP contribution is 2.25. The second kappa shape index (κ2) is 4.24. The molecule has 1 N–H and O–H groups in total. The van der Waals surface area contributed by atoms with Gasteiger partial charge in [0, 0.05) is 4.70 Å². The van der Waals surface area contributed by atoms with Crippen LogP contribution in [0.25, 0.3) is 10.1 Å². The third-order valence-corrected chi connectivity index (χ3v) is 3.24. The number of benzene rings is 1. The largest absolute Gasteiger partial charge is 0.299 e. The van der Waals surface area contributed by atoms with Crippen LogP contribution in [0.3, 0.4) is 0 Å². The van der Waals surface area contributed by atoms with Crippen LogP contribution in [0.2, 0.25) is 0 Å². The standard InChI is InChI=1S/C13H11NS/c1-2-3-7-11(14)13-9-10-6-4-5-8-12(10)15-13/h2-9,14H,1H2/b7-3-,14-11?. The van der Waals surface area contributed by atoms with E-state index in [0.717, 1.165) is 4.88 Å². The summed E-state index contributed by atoms with van der Waals surface area (Å²) in [7, 11) is 0. The van der Waals surface area contributed by atoms with E-state index in [0.29, 0.717) is 5.71 Å². The van der Waals surface area contributed by atoms with Crippen LogP contribution in [0.15, 0.2) is 55.1 Å². The molecule has 0 radical (unpaired) electrons. The normalized spacial score (nSPS) is 10.9. The van der Waals surface area contributed by atoms with Crippen molar-refractivity contribution >= 4 is 27.1 Å². The Labute approximate surface area is 92.9 Å². The lowest BCUT2D eigenvalue weighted by Crippen LogP contribution is -1.87. The number of thiophene rings is 1. The average molecular weight is 213 g/mol. The van der Waals surface area contributed by atoms with Gasteiger partial charge in [-0.15, -0.1) is 11.3 Å². The molecule has 1 aromatic heterocycles. The summed E-state index contributed by atoms with van der Waals surface area (Å²) in [5, 5.41) is 9.04. The van der Waals surface area contributed by atoms with E-state index in [1.807, 2.05) is 12.1 Å². The van der Waals surface area contributed by atoms with Crippen LogP contribution in [0, 0.1) is 5.41 Å². The van der Waals surface area contributed by atoms with E-state index in [2.05, 4.69) is 24.8 Å². The maximum absolute atomic E-state index is 7.84. The van der Waals surface area contributed by atoms with E-state index in [1.165, 1.54) is 10.1 Å². The molecule has 1 heterocycles. The van der Waals surface area contributed by atoms with Crippen molar-refractivity contribution in [2.24, 2.45) is 0 Å². The molecule has 0 fully saturated rings. The maximum Gasteiger partial charge on any atom is 0.0712 e. The molecule has 2 rings (SSSR count). The molecule has 0 aliphatic carbocycles. The van der Waals surface area contributed by atoms with Crippen LogP contribution in [-0.2, 0) is 0 Å². The van der Waals surface area contributed by atoms with Crippen LogP contribution in [0.5, 0.6) is 0 Å². The molecular formula is C13H11NS. The molecule has 0 amide bonds. The Morgan fingerprint density at radius 1 is 1.33 bits per heavy atom. The lowest BCUT2D eigenvalue weighted by atomic mass is 10.2. The van der Waals surface area contributed by atoms with Gasteiger partial charge < -0.3 is 0 Å². The lowest BCUT2D eigenvalue weighted by Gasteiger charge is -1.89. The summed E-state index contributed by atoms with van der Waals surface area (Å²) >= 11 is 1.65. The first-order valence-corrected chi connectivity index (χ1v) is 5.49. The SMILES string of the molecule is C=C/C=C\C(=N)c1cc2ccccc2s1. The smallest absolute Gasteiger partial charge is 0.0712 e. The molecule has 0 saturated heterocycles. The average Bonchev–Trinajstić information content (AvgIpc) is 2.69. The van der Waals surface area contributed by atoms with E-state index in [4.69, 9.17) is 5.41 Å². The van der Waals surface area contributed by atoms with Gasteiger partial charge in [-0.2, -0.15) is 0 Å². The van der Waals surface area contributed by atoms with Crippen LogP contribution in [0.1, 0.15) is 4.88 Å². The van der Waals surface area contributed by atoms with Gasteiger partial charge in [-0.25, -0.2) is 0 Å². The molecular weight excluding hydrogens is 202 g/mol. The number of rotatable bonds is 3. The van der Waals surface area contributed by atoms with Crippen molar-refractivity contribution in [3.05, 3.63) is 60.0 Å². The predicted octanol–water partition coefficient (Wildman–Crippen LogP) is 4.01. The zero-order valence-electron chi connectivity index (χ0n) is 8.23. The zero-order valence-corrected chi connectivity index (χ0v) is 9.05. The van der Waals surface area contributed by atoms with Gasteiger partial charge in [0.2, 0.25) is 0 Å². The molecule has 0 aliphatic rings. The fraction of sp³-hybridized carbons (Fsp3) is 0. The van der Waals surface area contributed by atoms with Gasteiger partial charge in [0.05, 0.1) is 10.6 Å². The Hall–Kier alpha value is -1.67. The zero-order chi connectivity index (χ0) is 10.7. The van der Waals surface area contributed by atoms with Crippen molar-refractivity contribution in [1.29, 1.82) is 5.41 Å². The first-order chi connectivity index (χ1) is 7.31. The topological polar surface area (TPSA) is 23.9 Å². The highest BCUT2D eigenvalue weighted by Gasteiger charge is 2.03. The summed E-state index contributed by atoms with van der Waals surface area (Å²) in [6, 6.07) is 10.2. The Morgan fingerprint density at radius 2 is 2.13 bits per heavy atom. The summed E-state index contributed by atoms with van der Waals surface area (Å²) in [6.45, 7) is 3.59. The predicted molar refractivity (Wildman–Crippen MR) is 68.0 cm³/mol. The number of allylic oxidation sites excluding steroid dienone is 3. The van der Waals surface area contributed by atoms with E-state index < -0.39 is 0 Å². The quantitative estimate of drug-likeness (QED) is 0.588. The minimum atomic E-state index is 0.538. The Kier molecular flexibility index (Phi) is 2.79. The molecule has 0 aliphatic heterocycles. The van der Waals surface area contributed by atoms with Crippen molar-refractivity contribution in [1.82, 2.24) is 0 Å². The van der Waals surface area contributed by atoms with Gasteiger partial charge in [0.15, 0.2) is 0 Å². The maximum atomic E-state index is 7.84. The monoisotopic (exact) mass is 213 g/mol. The van der Waals surface area contributed by atoms with Crippen molar-refractivity contribution in [3.8, 4) is 0 Å². The first-order valence-electron chi connectivity index (χ1n) is 4.68. The first kappa shape index (κ1) is 9.87. The number of nitrogens with one attached hydrogen (secondary N) is 1. The third kappa shape index (κ3) is 2.05. The number of fused-ring (bicyclic) bond motifs is 1. The summed E-state index contributed by atoms with van der Waals surface area (Å²) in [6.07, 6.45) is 5.23. The summed E-state index contributed by atoms with van der Waals surface area (Å²) < 4.78 is 1.23. The Morgan fingerprint density at radius 3 is 2.87 bits per heavy atom. The second-order valence-corrected chi connectivity index (χ2v) is 4.24. The van der Waals surface area contributed by atoms with Gasteiger partial charge in [0.25, 0.3) is 0 Å². The highest BCUT2D eigenvalue weighted by molar-refractivity contribution is 7.21. The molecule has 2 aromatic rings. The summed E-state index contributed by atoms with van der Waals surface area (Å²) in [5.74, 6) is 0. The van der Waals surface area contributed by atoms with E-state index in [-0.39, 0.29) is 0 Å². The van der Waals surface area contributed by atoms with Gasteiger partial charge in [0.1, 0.15) is 0 Å². The van der Waals surface area contributed by atoms with Crippen LogP contribution in [0.4, 0.5) is 0 Å². The van der Waals surface area contributed by atoms with Gasteiger partial charge in [-0.05, 0) is 23.6 Å². The molecule has 1 aromatic carbocycles. The molecule has 0 atom stereocenters. The van der Waals surface area contributed by atoms with Gasteiger partial charge in [-0.1, -0.05) is 36.9 Å². The van der Waals surface area contributed by atoms with E-state index in [9.17, 15) is 0 Å². The second-order valence-electron chi connectivity index (χ2n) is 3.16. The molecule has 2 heteroatoms. The fourth-order valence-electron chi connectivity index (χ4n) is 1.36. The van der Waals surface area contributed by atoms with E-state index in [1.54, 1.807) is 29.6 Å². The van der Waals surface area contributed by atoms with Crippen molar-refractivity contribution in [2.75, 3.05) is 0 Å². The molecule has 15 heavy (non-hydrogen) atoms. The van der Waals surface area contributed by atoms with Crippen molar-refractivity contribution < 1.29 is 0 Å². The van der Waals surface area contributed by atoms with Crippen molar-refractivity contribution in [2.45, 2.75) is 0 Å². The number of hydrogen-bond acceptors (Lipinski definition) is 2. The molecule has 0 unspecified atom stereocenters. The van der Waals surface area contributed by atoms with Gasteiger partial charge >= 0.3 is 0 Å². The van der Waals surface area contributed by atoms with Crippen LogP contribution < -0.4 is 0 Å². The summed E-state index contributed by atoms with van der Waals surface area (Å²) in [4.78, 5) is 0.995. The minimum absolute atomic E-state index is 0.538. The third-order valence-electron chi connectivity index (χ3n) is 2.09. The highest BCUT2D eigenvalue weighted by atomic mass is 32.1. The Bertz CT molecular complexity index is 501. The lowest BCUT2D eigenvalue weighted by molar-refractivity contribution is 1.53. The van der Waals surface area contributed by atoms with Crippen LogP contribution >= 0.6 is 11.3 Å². The Balaban J connectivity index is 2.40. The molecule has 0 bridgehead atoms. The van der Waals surface area contributed by atoms with Gasteiger partial charge in [-0.3, -0.25) is 5.41 Å². The van der Waals surface area contributed by atoms with Crippen molar-refractivity contribution in [3.63, 3.8) is 0 Å². The molecule has 0 saturated carbocycles. The molecule has 74 valence electrons. The molecule has 0 spiro atoms. The number of hydrogen-bond donors (Lipinski definition) is 1. The molecule has 1 nitrogen and oxygen atoms in total. The summed E-state index contributed by atoms with van der Waals surface area (Å²) in [5.41, 5.74) is 0.538. The van der Waals surface area contributed by atoms with Crippen LogP contribution in [-0.4, -0.2) is 5.71 Å². The minimum Gasteiger partial charge on any atom is -0.299 e. The van der Waals surface area contributed by atoms with E-state index >= 15 is 0 Å². The fourth-order valence-corrected chi connectivity index (χ4v) is 2.35.